The fourth-order valence-electron chi connectivity index (χ4n) is 2.59. The molecule has 1 fully saturated rings. The van der Waals surface area contributed by atoms with Crippen molar-refractivity contribution >= 4 is 15.9 Å². The quantitative estimate of drug-likeness (QED) is 0.837. The Morgan fingerprint density at radius 1 is 1.28 bits per heavy atom. The monoisotopic (exact) mass is 311 g/mol. The first-order chi connectivity index (χ1) is 8.66. The van der Waals surface area contributed by atoms with Gasteiger partial charge in [-0.2, -0.15) is 0 Å². The van der Waals surface area contributed by atoms with Crippen LogP contribution in [0.15, 0.2) is 22.7 Å². The van der Waals surface area contributed by atoms with Crippen LogP contribution in [0.3, 0.4) is 0 Å². The van der Waals surface area contributed by atoms with Gasteiger partial charge in [0.15, 0.2) is 0 Å². The third kappa shape index (κ3) is 3.81. The molecule has 2 N–H and O–H groups in total. The maximum Gasteiger partial charge on any atom is 0.0693 e. The molecule has 0 aromatic heterocycles. The smallest absolute Gasteiger partial charge is 0.0693 e. The first-order valence-electron chi connectivity index (χ1n) is 6.83. The van der Waals surface area contributed by atoms with E-state index >= 15 is 0 Å². The Kier molecular flexibility index (Phi) is 5.22. The molecule has 2 rings (SSSR count). The average Bonchev–Trinajstić information content (AvgIpc) is 2.56. The Labute approximate surface area is 118 Å². The summed E-state index contributed by atoms with van der Waals surface area (Å²) in [6.45, 7) is 2.95. The number of aryl methyl sites for hydroxylation is 1. The maximum atomic E-state index is 10.1. The second-order valence-corrected chi connectivity index (χ2v) is 6.13. The molecule has 1 aliphatic carbocycles. The lowest BCUT2D eigenvalue weighted by atomic mass is 10.1. The van der Waals surface area contributed by atoms with Crippen molar-refractivity contribution in [2.24, 2.45) is 0 Å². The van der Waals surface area contributed by atoms with Gasteiger partial charge in [-0.3, -0.25) is 0 Å². The molecule has 0 heterocycles. The van der Waals surface area contributed by atoms with Crippen molar-refractivity contribution in [1.29, 1.82) is 0 Å². The van der Waals surface area contributed by atoms with Crippen LogP contribution in [-0.2, 0) is 6.54 Å². The molecule has 0 aliphatic heterocycles. The summed E-state index contributed by atoms with van der Waals surface area (Å²) in [7, 11) is 0. The molecule has 0 bridgehead atoms. The highest BCUT2D eigenvalue weighted by molar-refractivity contribution is 9.10. The fraction of sp³-hybridized carbons (Fsp3) is 0.600. The lowest BCUT2D eigenvalue weighted by Gasteiger charge is -2.22. The minimum atomic E-state index is -0.177. The molecule has 0 radical (unpaired) electrons. The second kappa shape index (κ2) is 6.69. The largest absolute Gasteiger partial charge is 0.392 e. The van der Waals surface area contributed by atoms with Gasteiger partial charge in [0, 0.05) is 17.1 Å². The SMILES string of the molecule is Cc1cc(CNC2CCCCCC2O)ccc1Br. The molecule has 2 atom stereocenters. The van der Waals surface area contributed by atoms with Crippen LogP contribution in [0.25, 0.3) is 0 Å². The van der Waals surface area contributed by atoms with Crippen LogP contribution < -0.4 is 5.32 Å². The van der Waals surface area contributed by atoms with Crippen LogP contribution in [-0.4, -0.2) is 17.3 Å². The van der Waals surface area contributed by atoms with E-state index in [1.807, 2.05) is 0 Å². The summed E-state index contributed by atoms with van der Waals surface area (Å²) in [6.07, 6.45) is 5.51. The summed E-state index contributed by atoms with van der Waals surface area (Å²) in [5, 5.41) is 13.6. The second-order valence-electron chi connectivity index (χ2n) is 5.28. The van der Waals surface area contributed by atoms with E-state index in [4.69, 9.17) is 0 Å². The Bertz CT molecular complexity index is 394. The lowest BCUT2D eigenvalue weighted by molar-refractivity contribution is 0.119. The van der Waals surface area contributed by atoms with E-state index in [1.165, 1.54) is 24.0 Å². The molecule has 2 nitrogen and oxygen atoms in total. The summed E-state index contributed by atoms with van der Waals surface area (Å²) >= 11 is 3.52. The Hall–Kier alpha value is -0.380. The molecule has 2 unspecified atom stereocenters. The minimum Gasteiger partial charge on any atom is -0.392 e. The Morgan fingerprint density at radius 3 is 2.83 bits per heavy atom. The maximum absolute atomic E-state index is 10.1. The molecule has 0 saturated heterocycles. The van der Waals surface area contributed by atoms with Gasteiger partial charge in [-0.1, -0.05) is 47.3 Å². The van der Waals surface area contributed by atoms with Gasteiger partial charge in [0.1, 0.15) is 0 Å². The summed E-state index contributed by atoms with van der Waals surface area (Å²) in [5.41, 5.74) is 2.54. The van der Waals surface area contributed by atoms with E-state index < -0.39 is 0 Å². The van der Waals surface area contributed by atoms with E-state index in [1.54, 1.807) is 0 Å². The first-order valence-corrected chi connectivity index (χ1v) is 7.62. The number of benzene rings is 1. The molecule has 1 aromatic carbocycles. The minimum absolute atomic E-state index is 0.177. The predicted molar refractivity (Wildman–Crippen MR) is 78.6 cm³/mol. The number of hydrogen-bond donors (Lipinski definition) is 2. The van der Waals surface area contributed by atoms with Gasteiger partial charge in [-0.15, -0.1) is 0 Å². The van der Waals surface area contributed by atoms with Crippen LogP contribution >= 0.6 is 15.9 Å². The van der Waals surface area contributed by atoms with E-state index in [-0.39, 0.29) is 12.1 Å². The van der Waals surface area contributed by atoms with Gasteiger partial charge in [-0.25, -0.2) is 0 Å². The highest BCUT2D eigenvalue weighted by Crippen LogP contribution is 2.20. The van der Waals surface area contributed by atoms with E-state index in [2.05, 4.69) is 46.4 Å². The third-order valence-electron chi connectivity index (χ3n) is 3.77. The molecule has 1 aliphatic rings. The molecule has 0 spiro atoms. The van der Waals surface area contributed by atoms with Gasteiger partial charge in [0.25, 0.3) is 0 Å². The number of aliphatic hydroxyl groups is 1. The van der Waals surface area contributed by atoms with Gasteiger partial charge < -0.3 is 10.4 Å². The van der Waals surface area contributed by atoms with Crippen molar-refractivity contribution in [3.05, 3.63) is 33.8 Å². The van der Waals surface area contributed by atoms with Crippen LogP contribution in [0.2, 0.25) is 0 Å². The third-order valence-corrected chi connectivity index (χ3v) is 4.66. The van der Waals surface area contributed by atoms with Crippen LogP contribution in [0.4, 0.5) is 0 Å². The average molecular weight is 312 g/mol. The number of rotatable bonds is 3. The van der Waals surface area contributed by atoms with Gasteiger partial charge in [0.05, 0.1) is 6.10 Å². The van der Waals surface area contributed by atoms with E-state index in [0.717, 1.165) is 30.3 Å². The van der Waals surface area contributed by atoms with Crippen molar-refractivity contribution in [2.75, 3.05) is 0 Å². The fourth-order valence-corrected chi connectivity index (χ4v) is 2.84. The van der Waals surface area contributed by atoms with Crippen LogP contribution in [0, 0.1) is 6.92 Å². The van der Waals surface area contributed by atoms with Crippen molar-refractivity contribution in [3.63, 3.8) is 0 Å². The van der Waals surface area contributed by atoms with Crippen molar-refractivity contribution in [1.82, 2.24) is 5.32 Å². The predicted octanol–water partition coefficient (Wildman–Crippen LogP) is 3.54. The van der Waals surface area contributed by atoms with Gasteiger partial charge in [-0.05, 0) is 37.0 Å². The summed E-state index contributed by atoms with van der Waals surface area (Å²) in [4.78, 5) is 0. The molecule has 1 aromatic rings. The molecule has 1 saturated carbocycles. The molecule has 18 heavy (non-hydrogen) atoms. The summed E-state index contributed by atoms with van der Waals surface area (Å²) < 4.78 is 1.15. The zero-order valence-corrected chi connectivity index (χ0v) is 12.5. The number of halogens is 1. The molecular weight excluding hydrogens is 290 g/mol. The van der Waals surface area contributed by atoms with Gasteiger partial charge >= 0.3 is 0 Å². The standard InChI is InChI=1S/C15H22BrNO/c1-11-9-12(7-8-13(11)16)10-17-14-5-3-2-4-6-15(14)18/h7-9,14-15,17-18H,2-6,10H2,1H3. The van der Waals surface area contributed by atoms with E-state index in [0.29, 0.717) is 0 Å². The molecule has 100 valence electrons. The molecule has 0 amide bonds. The molecule has 3 heteroatoms. The molecular formula is C15H22BrNO. The normalized spacial score (nSPS) is 24.8. The number of aliphatic hydroxyl groups excluding tert-OH is 1. The Morgan fingerprint density at radius 2 is 2.06 bits per heavy atom. The van der Waals surface area contributed by atoms with Crippen molar-refractivity contribution in [2.45, 2.75) is 57.7 Å². The van der Waals surface area contributed by atoms with Crippen molar-refractivity contribution < 1.29 is 5.11 Å². The number of nitrogens with one attached hydrogen (secondary N) is 1. The van der Waals surface area contributed by atoms with Crippen LogP contribution in [0.5, 0.6) is 0 Å². The summed E-state index contributed by atoms with van der Waals surface area (Å²) in [6, 6.07) is 6.68. The van der Waals surface area contributed by atoms with Crippen LogP contribution in [0.1, 0.15) is 43.2 Å². The Balaban J connectivity index is 1.91. The highest BCUT2D eigenvalue weighted by atomic mass is 79.9. The zero-order chi connectivity index (χ0) is 13.0. The first kappa shape index (κ1) is 14.0. The van der Waals surface area contributed by atoms with Gasteiger partial charge in [0.2, 0.25) is 0 Å². The summed E-state index contributed by atoms with van der Waals surface area (Å²) in [5.74, 6) is 0. The number of hydrogen-bond acceptors (Lipinski definition) is 2. The zero-order valence-electron chi connectivity index (χ0n) is 11.0. The highest BCUT2D eigenvalue weighted by Gasteiger charge is 2.20. The van der Waals surface area contributed by atoms with Crippen molar-refractivity contribution in [3.8, 4) is 0 Å². The van der Waals surface area contributed by atoms with E-state index in [9.17, 15) is 5.11 Å². The lowest BCUT2D eigenvalue weighted by Crippen LogP contribution is -2.38. The topological polar surface area (TPSA) is 32.3 Å².